The van der Waals surface area contributed by atoms with Crippen LogP contribution in [0.15, 0.2) is 46.9 Å². The summed E-state index contributed by atoms with van der Waals surface area (Å²) in [5.41, 5.74) is 5.14. The molecule has 0 aliphatic carbocycles. The molecule has 0 aromatic heterocycles. The Balaban J connectivity index is 1.75. The molecule has 1 aliphatic rings. The van der Waals surface area contributed by atoms with Gasteiger partial charge in [0, 0.05) is 16.7 Å². The van der Waals surface area contributed by atoms with E-state index in [1.807, 2.05) is 0 Å². The summed E-state index contributed by atoms with van der Waals surface area (Å²) >= 11 is 3.52. The van der Waals surface area contributed by atoms with Gasteiger partial charge in [0.25, 0.3) is 0 Å². The molecular formula is C17H18BrNO. The maximum Gasteiger partial charge on any atom is 0.0999 e. The van der Waals surface area contributed by atoms with Crippen molar-refractivity contribution in [3.8, 4) is 0 Å². The fourth-order valence-corrected chi connectivity index (χ4v) is 2.99. The van der Waals surface area contributed by atoms with Gasteiger partial charge in [-0.2, -0.15) is 0 Å². The van der Waals surface area contributed by atoms with Crippen LogP contribution in [-0.2, 0) is 11.2 Å². The fourth-order valence-electron chi connectivity index (χ4n) is 2.63. The van der Waals surface area contributed by atoms with Crippen LogP contribution in [0.25, 0.3) is 0 Å². The van der Waals surface area contributed by atoms with Crippen molar-refractivity contribution in [2.45, 2.75) is 19.4 Å². The molecule has 0 radical (unpaired) electrons. The summed E-state index contributed by atoms with van der Waals surface area (Å²) in [6.45, 7) is 3.72. The van der Waals surface area contributed by atoms with E-state index in [0.717, 1.165) is 29.7 Å². The third-order valence-electron chi connectivity index (χ3n) is 3.77. The normalized spacial score (nSPS) is 17.6. The van der Waals surface area contributed by atoms with E-state index in [2.05, 4.69) is 70.6 Å². The highest BCUT2D eigenvalue weighted by atomic mass is 79.9. The lowest BCUT2D eigenvalue weighted by atomic mass is 9.97. The molecule has 2 aromatic carbocycles. The smallest absolute Gasteiger partial charge is 0.0999 e. The molecule has 1 atom stereocenters. The van der Waals surface area contributed by atoms with Crippen LogP contribution in [0.4, 0.5) is 5.69 Å². The van der Waals surface area contributed by atoms with Crippen molar-refractivity contribution in [2.75, 3.05) is 18.5 Å². The van der Waals surface area contributed by atoms with Gasteiger partial charge in [0.15, 0.2) is 0 Å². The average molecular weight is 332 g/mol. The van der Waals surface area contributed by atoms with Crippen molar-refractivity contribution in [3.63, 3.8) is 0 Å². The van der Waals surface area contributed by atoms with Gasteiger partial charge in [-0.25, -0.2) is 0 Å². The predicted octanol–water partition coefficient (Wildman–Crippen LogP) is 4.48. The second-order valence-corrected chi connectivity index (χ2v) is 6.06. The van der Waals surface area contributed by atoms with Crippen LogP contribution in [0, 0.1) is 6.92 Å². The van der Waals surface area contributed by atoms with E-state index in [1.54, 1.807) is 0 Å². The largest absolute Gasteiger partial charge is 0.382 e. The summed E-state index contributed by atoms with van der Waals surface area (Å²) < 4.78 is 7.02. The number of halogens is 1. The number of fused-ring (bicyclic) bond motifs is 1. The number of hydrogen-bond acceptors (Lipinski definition) is 2. The molecule has 0 amide bonds. The Kier molecular flexibility index (Phi) is 4.08. The maximum absolute atomic E-state index is 5.92. The standard InChI is InChI=1S/C17H18BrNO/c1-12-6-7-14(18)10-16(12)19-11-17-15-5-3-2-4-13(15)8-9-20-17/h2-7,10,17,19H,8-9,11H2,1H3. The zero-order valence-corrected chi connectivity index (χ0v) is 13.1. The van der Waals surface area contributed by atoms with E-state index in [4.69, 9.17) is 4.74 Å². The lowest BCUT2D eigenvalue weighted by Gasteiger charge is -2.27. The Morgan fingerprint density at radius 1 is 1.25 bits per heavy atom. The van der Waals surface area contributed by atoms with E-state index in [-0.39, 0.29) is 6.10 Å². The van der Waals surface area contributed by atoms with Gasteiger partial charge in [0.2, 0.25) is 0 Å². The topological polar surface area (TPSA) is 21.3 Å². The molecule has 0 saturated heterocycles. The number of ether oxygens (including phenoxy) is 1. The molecule has 0 bridgehead atoms. The van der Waals surface area contributed by atoms with Crippen LogP contribution in [0.3, 0.4) is 0 Å². The highest BCUT2D eigenvalue weighted by Crippen LogP contribution is 2.28. The summed E-state index contributed by atoms with van der Waals surface area (Å²) in [6, 6.07) is 14.9. The molecule has 3 heteroatoms. The quantitative estimate of drug-likeness (QED) is 0.895. The van der Waals surface area contributed by atoms with Crippen LogP contribution in [-0.4, -0.2) is 13.2 Å². The summed E-state index contributed by atoms with van der Waals surface area (Å²) in [5.74, 6) is 0. The van der Waals surface area contributed by atoms with Crippen molar-refractivity contribution >= 4 is 21.6 Å². The minimum Gasteiger partial charge on any atom is -0.382 e. The summed E-state index contributed by atoms with van der Waals surface area (Å²) in [5, 5.41) is 3.51. The summed E-state index contributed by atoms with van der Waals surface area (Å²) in [7, 11) is 0. The highest BCUT2D eigenvalue weighted by molar-refractivity contribution is 9.10. The number of nitrogens with one attached hydrogen (secondary N) is 1. The van der Waals surface area contributed by atoms with Crippen molar-refractivity contribution in [3.05, 3.63) is 63.6 Å². The van der Waals surface area contributed by atoms with Gasteiger partial charge in [-0.15, -0.1) is 0 Å². The molecule has 1 N–H and O–H groups in total. The van der Waals surface area contributed by atoms with Crippen LogP contribution < -0.4 is 5.32 Å². The van der Waals surface area contributed by atoms with Crippen LogP contribution in [0.2, 0.25) is 0 Å². The zero-order valence-electron chi connectivity index (χ0n) is 11.5. The highest BCUT2D eigenvalue weighted by Gasteiger charge is 2.20. The van der Waals surface area contributed by atoms with Crippen molar-refractivity contribution in [2.24, 2.45) is 0 Å². The van der Waals surface area contributed by atoms with E-state index < -0.39 is 0 Å². The summed E-state index contributed by atoms with van der Waals surface area (Å²) in [4.78, 5) is 0. The zero-order chi connectivity index (χ0) is 13.9. The number of anilines is 1. The van der Waals surface area contributed by atoms with Gasteiger partial charge in [0.05, 0.1) is 12.7 Å². The second-order valence-electron chi connectivity index (χ2n) is 5.15. The summed E-state index contributed by atoms with van der Waals surface area (Å²) in [6.07, 6.45) is 1.15. The number of aryl methyl sites for hydroxylation is 1. The first-order valence-electron chi connectivity index (χ1n) is 6.93. The van der Waals surface area contributed by atoms with Gasteiger partial charge in [-0.05, 0) is 42.2 Å². The van der Waals surface area contributed by atoms with Crippen LogP contribution in [0.5, 0.6) is 0 Å². The molecular weight excluding hydrogens is 314 g/mol. The lowest BCUT2D eigenvalue weighted by Crippen LogP contribution is -2.22. The first-order chi connectivity index (χ1) is 9.74. The Hall–Kier alpha value is -1.32. The first-order valence-corrected chi connectivity index (χ1v) is 7.73. The van der Waals surface area contributed by atoms with Crippen molar-refractivity contribution < 1.29 is 4.74 Å². The fraction of sp³-hybridized carbons (Fsp3) is 0.294. The van der Waals surface area contributed by atoms with Crippen molar-refractivity contribution in [1.82, 2.24) is 0 Å². The van der Waals surface area contributed by atoms with Gasteiger partial charge in [-0.1, -0.05) is 46.3 Å². The Bertz CT molecular complexity index is 612. The van der Waals surface area contributed by atoms with Crippen LogP contribution in [0.1, 0.15) is 22.8 Å². The third kappa shape index (κ3) is 2.89. The van der Waals surface area contributed by atoms with Gasteiger partial charge in [-0.3, -0.25) is 0 Å². The number of hydrogen-bond donors (Lipinski definition) is 1. The van der Waals surface area contributed by atoms with E-state index in [0.29, 0.717) is 0 Å². The molecule has 1 unspecified atom stereocenters. The minimum atomic E-state index is 0.137. The molecule has 20 heavy (non-hydrogen) atoms. The third-order valence-corrected chi connectivity index (χ3v) is 4.26. The van der Waals surface area contributed by atoms with E-state index in [9.17, 15) is 0 Å². The second kappa shape index (κ2) is 5.98. The van der Waals surface area contributed by atoms with E-state index >= 15 is 0 Å². The predicted molar refractivity (Wildman–Crippen MR) is 86.2 cm³/mol. The minimum absolute atomic E-state index is 0.137. The molecule has 0 spiro atoms. The Labute approximate surface area is 128 Å². The monoisotopic (exact) mass is 331 g/mol. The Morgan fingerprint density at radius 2 is 2.10 bits per heavy atom. The average Bonchev–Trinajstić information content (AvgIpc) is 2.48. The van der Waals surface area contributed by atoms with E-state index in [1.165, 1.54) is 16.7 Å². The molecule has 0 fully saturated rings. The van der Waals surface area contributed by atoms with Gasteiger partial charge < -0.3 is 10.1 Å². The first kappa shape index (κ1) is 13.7. The van der Waals surface area contributed by atoms with Crippen molar-refractivity contribution in [1.29, 1.82) is 0 Å². The molecule has 2 aromatic rings. The van der Waals surface area contributed by atoms with Gasteiger partial charge >= 0.3 is 0 Å². The van der Waals surface area contributed by atoms with Gasteiger partial charge in [0.1, 0.15) is 0 Å². The lowest BCUT2D eigenvalue weighted by molar-refractivity contribution is 0.0513. The molecule has 0 saturated carbocycles. The Morgan fingerprint density at radius 3 is 3.00 bits per heavy atom. The number of benzene rings is 2. The molecule has 104 valence electrons. The molecule has 1 heterocycles. The molecule has 3 rings (SSSR count). The molecule has 2 nitrogen and oxygen atoms in total. The molecule has 1 aliphatic heterocycles. The number of rotatable bonds is 3. The maximum atomic E-state index is 5.92. The van der Waals surface area contributed by atoms with Crippen LogP contribution >= 0.6 is 15.9 Å². The SMILES string of the molecule is Cc1ccc(Br)cc1NCC1OCCc2ccccc21.